The Labute approximate surface area is 251 Å². The van der Waals surface area contributed by atoms with Gasteiger partial charge >= 0.3 is 6.09 Å². The Morgan fingerprint density at radius 2 is 1.71 bits per heavy atom. The van der Waals surface area contributed by atoms with Crippen molar-refractivity contribution in [1.82, 2.24) is 21.3 Å². The van der Waals surface area contributed by atoms with Crippen LogP contribution in [0.15, 0.2) is 24.3 Å². The molecule has 226 valence electrons. The Morgan fingerprint density at radius 1 is 1.00 bits per heavy atom. The van der Waals surface area contributed by atoms with Crippen LogP contribution in [-0.2, 0) is 30.5 Å². The molecular formula is C29H41ClN4O6S. The minimum absolute atomic E-state index is 0.0241. The molecule has 0 aromatic heterocycles. The lowest BCUT2D eigenvalue weighted by Crippen LogP contribution is -2.57. The molecule has 1 saturated heterocycles. The van der Waals surface area contributed by atoms with E-state index in [-0.39, 0.29) is 30.8 Å². The summed E-state index contributed by atoms with van der Waals surface area (Å²) in [7, 11) is 0. The quantitative estimate of drug-likeness (QED) is 0.217. The molecule has 12 heteroatoms. The molecule has 1 aliphatic carbocycles. The summed E-state index contributed by atoms with van der Waals surface area (Å²) in [6.45, 7) is 4.06. The molecule has 2 fully saturated rings. The summed E-state index contributed by atoms with van der Waals surface area (Å²) in [6, 6.07) is 4.04. The van der Waals surface area contributed by atoms with E-state index in [4.69, 9.17) is 16.3 Å². The first-order valence-electron chi connectivity index (χ1n) is 14.3. The third-order valence-electron chi connectivity index (χ3n) is 7.71. The molecule has 1 heterocycles. The maximum atomic E-state index is 13.5. The summed E-state index contributed by atoms with van der Waals surface area (Å²) >= 11 is 9.93. The summed E-state index contributed by atoms with van der Waals surface area (Å²) in [6.07, 6.45) is 5.46. The number of hydrogen-bond acceptors (Lipinski definition) is 6. The molecule has 41 heavy (non-hydrogen) atoms. The third kappa shape index (κ3) is 10.5. The molecule has 4 atom stereocenters. The second-order valence-electron chi connectivity index (χ2n) is 11.3. The van der Waals surface area contributed by atoms with Crippen molar-refractivity contribution in [1.29, 1.82) is 0 Å². The standard InChI is InChI=1S/C29H41ClN4O6S/c1-17(2)24(34-29(39)40-16-19-9-6-10-21(30)13-19)27(37)32-22(14-18-7-4-3-5-8-18)26(36)33-23(28(38)41)15-20-11-12-31-25(20)35/h6,9-10,13,17-18,20,22-24H,3-5,7-8,11-12,14-16H2,1-2H3,(H,31,35)(H,32,37)(H,33,36)(H,34,39)(H,38,41)/t20-,22-,23-,24-/m0/s1. The number of benzene rings is 1. The van der Waals surface area contributed by atoms with Crippen molar-refractivity contribution in [3.8, 4) is 0 Å². The van der Waals surface area contributed by atoms with Crippen LogP contribution in [0.4, 0.5) is 4.79 Å². The fraction of sp³-hybridized carbons (Fsp3) is 0.621. The number of thiol groups is 1. The largest absolute Gasteiger partial charge is 0.445 e. The SMILES string of the molecule is CC(C)[C@H](NC(=O)OCc1cccc(Cl)c1)C(=O)N[C@@H](CC1CCCCC1)C(=O)N[C@@H](C[C@@H]1CCNC1=O)C(=O)S. The predicted molar refractivity (Wildman–Crippen MR) is 158 cm³/mol. The first-order chi connectivity index (χ1) is 19.5. The molecule has 10 nitrogen and oxygen atoms in total. The lowest BCUT2D eigenvalue weighted by Gasteiger charge is -2.30. The van der Waals surface area contributed by atoms with Gasteiger partial charge in [0.2, 0.25) is 22.8 Å². The number of carbonyl (C=O) groups excluding carboxylic acids is 5. The van der Waals surface area contributed by atoms with Gasteiger partial charge in [0.25, 0.3) is 0 Å². The number of nitrogens with one attached hydrogen (secondary N) is 4. The van der Waals surface area contributed by atoms with Crippen LogP contribution in [0.5, 0.6) is 0 Å². The average molecular weight is 609 g/mol. The van der Waals surface area contributed by atoms with Gasteiger partial charge in [0, 0.05) is 17.5 Å². The molecule has 0 spiro atoms. The number of halogens is 1. The highest BCUT2D eigenvalue weighted by atomic mass is 35.5. The van der Waals surface area contributed by atoms with Gasteiger partial charge < -0.3 is 26.0 Å². The Hall–Kier alpha value is -2.79. The number of rotatable bonds is 13. The topological polar surface area (TPSA) is 143 Å². The van der Waals surface area contributed by atoms with Crippen LogP contribution in [0.3, 0.4) is 0 Å². The zero-order chi connectivity index (χ0) is 29.9. The fourth-order valence-corrected chi connectivity index (χ4v) is 5.76. The zero-order valence-corrected chi connectivity index (χ0v) is 25.3. The van der Waals surface area contributed by atoms with Crippen LogP contribution < -0.4 is 21.3 Å². The number of amides is 4. The van der Waals surface area contributed by atoms with E-state index in [1.54, 1.807) is 38.1 Å². The van der Waals surface area contributed by atoms with Gasteiger partial charge in [-0.25, -0.2) is 4.79 Å². The van der Waals surface area contributed by atoms with Crippen molar-refractivity contribution < 1.29 is 28.7 Å². The molecule has 0 unspecified atom stereocenters. The average Bonchev–Trinajstić information content (AvgIpc) is 3.34. The Balaban J connectivity index is 1.67. The Morgan fingerprint density at radius 3 is 2.32 bits per heavy atom. The van der Waals surface area contributed by atoms with E-state index in [0.717, 1.165) is 32.1 Å². The number of ether oxygens (including phenoxy) is 1. The Bertz CT molecular complexity index is 1100. The minimum atomic E-state index is -0.967. The fourth-order valence-electron chi connectivity index (χ4n) is 5.38. The summed E-state index contributed by atoms with van der Waals surface area (Å²) in [5, 5.41) is 10.9. The summed E-state index contributed by atoms with van der Waals surface area (Å²) in [5.41, 5.74) is 0.700. The van der Waals surface area contributed by atoms with Crippen LogP contribution in [0.1, 0.15) is 70.8 Å². The van der Waals surface area contributed by atoms with E-state index in [9.17, 15) is 24.0 Å². The number of alkyl carbamates (subject to hydrolysis) is 1. The van der Waals surface area contributed by atoms with Gasteiger partial charge in [0.05, 0.1) is 6.04 Å². The van der Waals surface area contributed by atoms with Gasteiger partial charge in [0.15, 0.2) is 0 Å². The number of hydrogen-bond donors (Lipinski definition) is 5. The molecule has 2 aliphatic rings. The lowest BCUT2D eigenvalue weighted by molar-refractivity contribution is -0.132. The molecule has 4 N–H and O–H groups in total. The van der Waals surface area contributed by atoms with E-state index in [2.05, 4.69) is 33.9 Å². The molecule has 0 radical (unpaired) electrons. The molecule has 4 amide bonds. The summed E-state index contributed by atoms with van der Waals surface area (Å²) in [5.74, 6) is -1.66. The Kier molecular flexibility index (Phi) is 12.8. The first kappa shape index (κ1) is 32.7. The van der Waals surface area contributed by atoms with Crippen LogP contribution >= 0.6 is 24.2 Å². The van der Waals surface area contributed by atoms with E-state index in [0.29, 0.717) is 30.0 Å². The van der Waals surface area contributed by atoms with E-state index >= 15 is 0 Å². The highest BCUT2D eigenvalue weighted by Gasteiger charge is 2.35. The van der Waals surface area contributed by atoms with Crippen LogP contribution in [0.25, 0.3) is 0 Å². The van der Waals surface area contributed by atoms with Gasteiger partial charge in [-0.2, -0.15) is 0 Å². The van der Waals surface area contributed by atoms with Gasteiger partial charge in [-0.1, -0.05) is 69.7 Å². The molecular weight excluding hydrogens is 568 g/mol. The second kappa shape index (κ2) is 16.0. The third-order valence-corrected chi connectivity index (χ3v) is 8.25. The van der Waals surface area contributed by atoms with Gasteiger partial charge in [-0.05, 0) is 48.8 Å². The lowest BCUT2D eigenvalue weighted by atomic mass is 9.84. The van der Waals surface area contributed by atoms with Crippen molar-refractivity contribution in [2.45, 2.75) is 89.9 Å². The van der Waals surface area contributed by atoms with Crippen molar-refractivity contribution >= 4 is 53.2 Å². The van der Waals surface area contributed by atoms with Crippen molar-refractivity contribution in [3.63, 3.8) is 0 Å². The summed E-state index contributed by atoms with van der Waals surface area (Å²) in [4.78, 5) is 63.8. The molecule has 3 rings (SSSR count). The minimum Gasteiger partial charge on any atom is -0.445 e. The maximum Gasteiger partial charge on any atom is 0.408 e. The highest BCUT2D eigenvalue weighted by Crippen LogP contribution is 2.28. The van der Waals surface area contributed by atoms with Crippen molar-refractivity contribution in [2.24, 2.45) is 17.8 Å². The van der Waals surface area contributed by atoms with E-state index in [1.165, 1.54) is 0 Å². The zero-order valence-electron chi connectivity index (χ0n) is 23.6. The van der Waals surface area contributed by atoms with E-state index < -0.39 is 47.1 Å². The van der Waals surface area contributed by atoms with Gasteiger partial charge in [0.1, 0.15) is 18.7 Å². The summed E-state index contributed by atoms with van der Waals surface area (Å²) < 4.78 is 5.29. The molecule has 1 saturated carbocycles. The molecule has 1 aromatic carbocycles. The van der Waals surface area contributed by atoms with Gasteiger partial charge in [-0.3, -0.25) is 19.2 Å². The number of carbonyl (C=O) groups is 5. The monoisotopic (exact) mass is 608 g/mol. The second-order valence-corrected chi connectivity index (χ2v) is 12.2. The molecule has 0 bridgehead atoms. The normalized spacial score (nSPS) is 19.5. The van der Waals surface area contributed by atoms with Crippen LogP contribution in [0, 0.1) is 17.8 Å². The van der Waals surface area contributed by atoms with Crippen LogP contribution in [0.2, 0.25) is 5.02 Å². The van der Waals surface area contributed by atoms with E-state index in [1.807, 2.05) is 0 Å². The highest BCUT2D eigenvalue weighted by molar-refractivity contribution is 7.96. The van der Waals surface area contributed by atoms with Crippen LogP contribution in [-0.4, -0.2) is 53.6 Å². The smallest absolute Gasteiger partial charge is 0.408 e. The van der Waals surface area contributed by atoms with Gasteiger partial charge in [-0.15, -0.1) is 12.6 Å². The maximum absolute atomic E-state index is 13.5. The first-order valence-corrected chi connectivity index (χ1v) is 15.1. The predicted octanol–water partition coefficient (Wildman–Crippen LogP) is 3.51. The van der Waals surface area contributed by atoms with Crippen molar-refractivity contribution in [3.05, 3.63) is 34.9 Å². The van der Waals surface area contributed by atoms with Crippen molar-refractivity contribution in [2.75, 3.05) is 6.54 Å². The molecule has 1 aromatic rings. The molecule has 1 aliphatic heterocycles.